The number of rotatable bonds is 7. The first kappa shape index (κ1) is 15.1. The summed E-state index contributed by atoms with van der Waals surface area (Å²) < 4.78 is 17.8. The summed E-state index contributed by atoms with van der Waals surface area (Å²) in [6.45, 7) is 8.35. The summed E-state index contributed by atoms with van der Waals surface area (Å²) in [5.41, 5.74) is 0.678. The maximum atomic E-state index is 13.0. The summed E-state index contributed by atoms with van der Waals surface area (Å²) >= 11 is 0. The molecule has 0 heterocycles. The van der Waals surface area contributed by atoms with E-state index in [4.69, 9.17) is 4.74 Å². The molecule has 0 saturated carbocycles. The molecule has 102 valence electrons. The molecule has 4 heteroatoms. The van der Waals surface area contributed by atoms with Gasteiger partial charge in [-0.05, 0) is 17.7 Å². The molecule has 0 radical (unpaired) electrons. The number of esters is 1. The van der Waals surface area contributed by atoms with Gasteiger partial charge < -0.3 is 4.74 Å². The molecule has 0 aliphatic heterocycles. The fourth-order valence-corrected chi connectivity index (χ4v) is 1.87. The van der Waals surface area contributed by atoms with E-state index in [-0.39, 0.29) is 5.82 Å². The summed E-state index contributed by atoms with van der Waals surface area (Å²) in [7, 11) is 1.33. The third kappa shape index (κ3) is 4.03. The normalized spacial score (nSPS) is 11.9. The van der Waals surface area contributed by atoms with Gasteiger partial charge >= 0.3 is 5.97 Å². The van der Waals surface area contributed by atoms with E-state index in [2.05, 4.69) is 13.2 Å². The number of halogens is 1. The number of benzene rings is 1. The molecule has 3 nitrogen and oxygen atoms in total. The van der Waals surface area contributed by atoms with Crippen molar-refractivity contribution in [2.45, 2.75) is 6.04 Å². The van der Waals surface area contributed by atoms with Crippen LogP contribution in [0.4, 0.5) is 4.39 Å². The molecule has 1 aromatic rings. The highest BCUT2D eigenvalue weighted by molar-refractivity contribution is 5.77. The zero-order valence-electron chi connectivity index (χ0n) is 11.0. The van der Waals surface area contributed by atoms with E-state index in [0.717, 1.165) is 0 Å². The highest BCUT2D eigenvalue weighted by Crippen LogP contribution is 2.22. The first-order valence-corrected chi connectivity index (χ1v) is 5.93. The van der Waals surface area contributed by atoms with Gasteiger partial charge in [-0.15, -0.1) is 13.2 Å². The Balaban J connectivity index is 3.11. The fourth-order valence-electron chi connectivity index (χ4n) is 1.87. The summed E-state index contributed by atoms with van der Waals surface area (Å²) in [5.74, 6) is -0.735. The third-order valence-corrected chi connectivity index (χ3v) is 2.70. The Labute approximate surface area is 113 Å². The van der Waals surface area contributed by atoms with Crippen molar-refractivity contribution < 1.29 is 13.9 Å². The topological polar surface area (TPSA) is 29.5 Å². The van der Waals surface area contributed by atoms with Crippen molar-refractivity contribution >= 4 is 5.97 Å². The van der Waals surface area contributed by atoms with Gasteiger partial charge in [-0.2, -0.15) is 0 Å². The minimum absolute atomic E-state index is 0.341. The van der Waals surface area contributed by atoms with Crippen molar-refractivity contribution in [1.29, 1.82) is 0 Å². The van der Waals surface area contributed by atoms with Crippen molar-refractivity contribution in [2.24, 2.45) is 0 Å². The largest absolute Gasteiger partial charge is 0.468 e. The lowest BCUT2D eigenvalue weighted by Crippen LogP contribution is -2.35. The Bertz CT molecular complexity index is 432. The predicted octanol–water partition coefficient (Wildman–Crippen LogP) is 2.71. The third-order valence-electron chi connectivity index (χ3n) is 2.70. The van der Waals surface area contributed by atoms with Crippen molar-refractivity contribution in [3.63, 3.8) is 0 Å². The molecule has 0 N–H and O–H groups in total. The lowest BCUT2D eigenvalue weighted by molar-refractivity contribution is -0.146. The van der Waals surface area contributed by atoms with Crippen molar-refractivity contribution in [2.75, 3.05) is 20.2 Å². The molecular weight excluding hydrogens is 245 g/mol. The number of ether oxygens (including phenoxy) is 1. The highest BCUT2D eigenvalue weighted by Gasteiger charge is 2.27. The summed E-state index contributed by atoms with van der Waals surface area (Å²) in [6, 6.07) is 5.21. The van der Waals surface area contributed by atoms with Gasteiger partial charge in [-0.1, -0.05) is 24.3 Å². The van der Waals surface area contributed by atoms with Gasteiger partial charge in [-0.3, -0.25) is 4.90 Å². The molecule has 0 aliphatic carbocycles. The van der Waals surface area contributed by atoms with E-state index in [1.54, 1.807) is 24.3 Å². The van der Waals surface area contributed by atoms with E-state index in [1.165, 1.54) is 19.2 Å². The van der Waals surface area contributed by atoms with Crippen LogP contribution in [0.3, 0.4) is 0 Å². The molecule has 0 amide bonds. The molecule has 0 aromatic heterocycles. The smallest absolute Gasteiger partial charge is 0.327 e. The number of nitrogens with zero attached hydrogens (tertiary/aromatic N) is 1. The van der Waals surface area contributed by atoms with Crippen LogP contribution >= 0.6 is 0 Å². The first-order valence-electron chi connectivity index (χ1n) is 5.93. The van der Waals surface area contributed by atoms with Crippen LogP contribution in [-0.2, 0) is 9.53 Å². The summed E-state index contributed by atoms with van der Waals surface area (Å²) in [4.78, 5) is 13.8. The van der Waals surface area contributed by atoms with Crippen molar-refractivity contribution in [1.82, 2.24) is 4.90 Å². The minimum atomic E-state index is -0.596. The van der Waals surface area contributed by atoms with Gasteiger partial charge in [0.2, 0.25) is 0 Å². The molecule has 0 fully saturated rings. The standard InChI is InChI=1S/C15H18FNO2/c1-4-10-17(11-5-2)14(15(18)19-3)12-6-8-13(16)9-7-12/h4-9,14H,1-2,10-11H2,3H3. The van der Waals surface area contributed by atoms with E-state index >= 15 is 0 Å². The summed E-state index contributed by atoms with van der Waals surface area (Å²) in [6.07, 6.45) is 3.39. The minimum Gasteiger partial charge on any atom is -0.468 e. The van der Waals surface area contributed by atoms with Crippen LogP contribution in [-0.4, -0.2) is 31.1 Å². The number of carbonyl (C=O) groups is 1. The Kier molecular flexibility index (Phi) is 5.96. The van der Waals surface area contributed by atoms with E-state index < -0.39 is 12.0 Å². The molecule has 1 unspecified atom stereocenters. The summed E-state index contributed by atoms with van der Waals surface area (Å²) in [5, 5.41) is 0. The zero-order valence-corrected chi connectivity index (χ0v) is 11.0. The maximum absolute atomic E-state index is 13.0. The van der Waals surface area contributed by atoms with Crippen LogP contribution in [0.15, 0.2) is 49.6 Å². The SMILES string of the molecule is C=CCN(CC=C)C(C(=O)OC)c1ccc(F)cc1. The molecule has 1 rings (SSSR count). The van der Waals surface area contributed by atoms with Crippen LogP contribution < -0.4 is 0 Å². The fraction of sp³-hybridized carbons (Fsp3) is 0.267. The second-order valence-corrected chi connectivity index (χ2v) is 4.01. The van der Waals surface area contributed by atoms with E-state index in [9.17, 15) is 9.18 Å². The Hall–Kier alpha value is -1.94. The van der Waals surface area contributed by atoms with Crippen molar-refractivity contribution in [3.05, 3.63) is 61.0 Å². The Morgan fingerprint density at radius 2 is 1.84 bits per heavy atom. The predicted molar refractivity (Wildman–Crippen MR) is 73.1 cm³/mol. The number of carbonyl (C=O) groups excluding carboxylic acids is 1. The Morgan fingerprint density at radius 3 is 2.26 bits per heavy atom. The average Bonchev–Trinajstić information content (AvgIpc) is 2.41. The van der Waals surface area contributed by atoms with Gasteiger partial charge in [-0.25, -0.2) is 9.18 Å². The molecule has 19 heavy (non-hydrogen) atoms. The van der Waals surface area contributed by atoms with Gasteiger partial charge in [0.1, 0.15) is 11.9 Å². The van der Waals surface area contributed by atoms with Crippen LogP contribution in [0, 0.1) is 5.82 Å². The highest BCUT2D eigenvalue weighted by atomic mass is 19.1. The lowest BCUT2D eigenvalue weighted by Gasteiger charge is -2.28. The second kappa shape index (κ2) is 7.48. The van der Waals surface area contributed by atoms with Crippen LogP contribution in [0.25, 0.3) is 0 Å². The molecular formula is C15H18FNO2. The average molecular weight is 263 g/mol. The molecule has 0 bridgehead atoms. The molecule has 0 aliphatic rings. The quantitative estimate of drug-likeness (QED) is 0.559. The second-order valence-electron chi connectivity index (χ2n) is 4.01. The lowest BCUT2D eigenvalue weighted by atomic mass is 10.0. The van der Waals surface area contributed by atoms with Crippen LogP contribution in [0.2, 0.25) is 0 Å². The van der Waals surface area contributed by atoms with E-state index in [1.807, 2.05) is 4.90 Å². The maximum Gasteiger partial charge on any atom is 0.327 e. The van der Waals surface area contributed by atoms with Crippen LogP contribution in [0.1, 0.15) is 11.6 Å². The number of hydrogen-bond donors (Lipinski definition) is 0. The van der Waals surface area contributed by atoms with E-state index in [0.29, 0.717) is 18.7 Å². The first-order chi connectivity index (χ1) is 9.13. The van der Waals surface area contributed by atoms with Gasteiger partial charge in [0.05, 0.1) is 7.11 Å². The zero-order chi connectivity index (χ0) is 14.3. The molecule has 1 aromatic carbocycles. The molecule has 1 atom stereocenters. The number of methoxy groups -OCH3 is 1. The molecule has 0 spiro atoms. The molecule has 0 saturated heterocycles. The van der Waals surface area contributed by atoms with Crippen molar-refractivity contribution in [3.8, 4) is 0 Å². The van der Waals surface area contributed by atoms with Gasteiger partial charge in [0.25, 0.3) is 0 Å². The van der Waals surface area contributed by atoms with Gasteiger partial charge in [0, 0.05) is 13.1 Å². The number of hydrogen-bond acceptors (Lipinski definition) is 3. The van der Waals surface area contributed by atoms with Gasteiger partial charge in [0.15, 0.2) is 0 Å². The van der Waals surface area contributed by atoms with Crippen LogP contribution in [0.5, 0.6) is 0 Å². The monoisotopic (exact) mass is 263 g/mol. The Morgan fingerprint density at radius 1 is 1.32 bits per heavy atom.